The maximum absolute atomic E-state index is 12.3. The minimum absolute atomic E-state index is 0.136. The van der Waals surface area contributed by atoms with Gasteiger partial charge >= 0.3 is 5.97 Å². The smallest absolute Gasteiger partial charge is 0.322 e. The Morgan fingerprint density at radius 1 is 1.14 bits per heavy atom. The number of carboxylic acids is 1. The number of hydrogen-bond acceptors (Lipinski definition) is 4. The Morgan fingerprint density at radius 2 is 1.86 bits per heavy atom. The van der Waals surface area contributed by atoms with E-state index in [4.69, 9.17) is 9.84 Å². The molecule has 0 saturated heterocycles. The molecule has 2 aromatic rings. The van der Waals surface area contributed by atoms with E-state index in [0.29, 0.717) is 12.2 Å². The third-order valence-electron chi connectivity index (χ3n) is 3.96. The van der Waals surface area contributed by atoms with Crippen molar-refractivity contribution in [1.29, 1.82) is 0 Å². The van der Waals surface area contributed by atoms with E-state index in [2.05, 4.69) is 26.6 Å². The fraction of sp³-hybridized carbons (Fsp3) is 0.350. The number of benzene rings is 2. The van der Waals surface area contributed by atoms with Gasteiger partial charge in [-0.1, -0.05) is 44.2 Å². The third-order valence-corrected chi connectivity index (χ3v) is 4.78. The minimum atomic E-state index is -1.15. The molecule has 0 aliphatic carbocycles. The normalized spacial score (nSPS) is 11.9. The molecule has 0 heterocycles. The molecule has 150 valence electrons. The van der Waals surface area contributed by atoms with Gasteiger partial charge < -0.3 is 20.5 Å². The molecule has 7 nitrogen and oxygen atoms in total. The van der Waals surface area contributed by atoms with Crippen LogP contribution in [0.5, 0.6) is 5.75 Å². The summed E-state index contributed by atoms with van der Waals surface area (Å²) >= 11 is 3.50. The number of halogens is 1. The summed E-state index contributed by atoms with van der Waals surface area (Å²) in [4.78, 5) is 35.1. The Morgan fingerprint density at radius 3 is 2.54 bits per heavy atom. The molecule has 0 unspecified atom stereocenters. The van der Waals surface area contributed by atoms with Crippen LogP contribution < -0.4 is 15.4 Å². The van der Waals surface area contributed by atoms with E-state index in [1.54, 1.807) is 6.07 Å². The first kappa shape index (κ1) is 21.7. The van der Waals surface area contributed by atoms with Crippen LogP contribution in [-0.4, -0.2) is 42.1 Å². The Hall–Kier alpha value is -2.61. The van der Waals surface area contributed by atoms with Gasteiger partial charge in [0.1, 0.15) is 18.3 Å². The maximum atomic E-state index is 12.3. The number of ether oxygens (including phenoxy) is 1. The molecule has 0 spiro atoms. The number of carboxylic acid groups (broad SMARTS) is 1. The van der Waals surface area contributed by atoms with Gasteiger partial charge in [0.2, 0.25) is 5.91 Å². The molecule has 0 aliphatic rings. The Bertz CT molecular complexity index is 869. The molecule has 0 fully saturated rings. The minimum Gasteiger partial charge on any atom is -0.483 e. The lowest BCUT2D eigenvalue weighted by molar-refractivity contribution is -0.138. The molecule has 0 saturated carbocycles. The van der Waals surface area contributed by atoms with Gasteiger partial charge in [0.05, 0.1) is 4.47 Å². The SMILES string of the molecule is CC(C)C[C@H](NC(=O)COc1ccc2ccccc2c1Br)C(=O)NCC(=O)O. The molecule has 1 atom stereocenters. The van der Waals surface area contributed by atoms with Crippen LogP contribution in [0, 0.1) is 5.92 Å². The maximum Gasteiger partial charge on any atom is 0.322 e. The quantitative estimate of drug-likeness (QED) is 0.544. The average Bonchev–Trinajstić information content (AvgIpc) is 2.65. The largest absolute Gasteiger partial charge is 0.483 e. The van der Waals surface area contributed by atoms with Crippen molar-refractivity contribution < 1.29 is 24.2 Å². The van der Waals surface area contributed by atoms with Crippen molar-refractivity contribution in [1.82, 2.24) is 10.6 Å². The molecule has 0 radical (unpaired) electrons. The lowest BCUT2D eigenvalue weighted by atomic mass is 10.0. The summed E-state index contributed by atoms with van der Waals surface area (Å²) in [7, 11) is 0. The molecule has 3 N–H and O–H groups in total. The summed E-state index contributed by atoms with van der Waals surface area (Å²) in [6.45, 7) is 3.06. The molecule has 2 aromatic carbocycles. The van der Waals surface area contributed by atoms with Crippen molar-refractivity contribution in [2.24, 2.45) is 5.92 Å². The lowest BCUT2D eigenvalue weighted by Crippen LogP contribution is -2.49. The lowest BCUT2D eigenvalue weighted by Gasteiger charge is -2.20. The summed E-state index contributed by atoms with van der Waals surface area (Å²) < 4.78 is 6.35. The number of amides is 2. The monoisotopic (exact) mass is 450 g/mol. The van der Waals surface area contributed by atoms with Crippen molar-refractivity contribution in [3.8, 4) is 5.75 Å². The van der Waals surface area contributed by atoms with Gasteiger partial charge in [-0.15, -0.1) is 0 Å². The predicted molar refractivity (Wildman–Crippen MR) is 109 cm³/mol. The summed E-state index contributed by atoms with van der Waals surface area (Å²) in [6, 6.07) is 10.6. The van der Waals surface area contributed by atoms with Crippen LogP contribution >= 0.6 is 15.9 Å². The van der Waals surface area contributed by atoms with Crippen LogP contribution in [0.25, 0.3) is 10.8 Å². The zero-order valence-electron chi connectivity index (χ0n) is 15.7. The van der Waals surface area contributed by atoms with Crippen LogP contribution in [0.4, 0.5) is 0 Å². The van der Waals surface area contributed by atoms with E-state index in [0.717, 1.165) is 15.2 Å². The standard InChI is InChI=1S/C20H23BrN2O5/c1-12(2)9-15(20(27)22-10-18(25)26)23-17(24)11-28-16-8-7-13-5-3-4-6-14(13)19(16)21/h3-8,12,15H,9-11H2,1-2H3,(H,22,27)(H,23,24)(H,25,26)/t15-/m0/s1. The van der Waals surface area contributed by atoms with Gasteiger partial charge in [0.25, 0.3) is 5.91 Å². The first-order valence-corrected chi connectivity index (χ1v) is 9.66. The Balaban J connectivity index is 1.99. The highest BCUT2D eigenvalue weighted by Gasteiger charge is 2.22. The number of hydrogen-bond donors (Lipinski definition) is 3. The number of carbonyl (C=O) groups is 3. The third kappa shape index (κ3) is 6.23. The van der Waals surface area contributed by atoms with Gasteiger partial charge in [0.15, 0.2) is 6.61 Å². The summed E-state index contributed by atoms with van der Waals surface area (Å²) in [5.41, 5.74) is 0. The second-order valence-electron chi connectivity index (χ2n) is 6.75. The van der Waals surface area contributed by atoms with Crippen molar-refractivity contribution in [3.05, 3.63) is 40.9 Å². The molecule has 8 heteroatoms. The molecule has 2 rings (SSSR count). The van der Waals surface area contributed by atoms with Gasteiger partial charge in [-0.2, -0.15) is 0 Å². The van der Waals surface area contributed by atoms with Crippen LogP contribution in [-0.2, 0) is 14.4 Å². The molecular weight excluding hydrogens is 428 g/mol. The first-order valence-electron chi connectivity index (χ1n) is 8.87. The number of fused-ring (bicyclic) bond motifs is 1. The second-order valence-corrected chi connectivity index (χ2v) is 7.54. The molecular formula is C20H23BrN2O5. The van der Waals surface area contributed by atoms with Gasteiger partial charge in [-0.3, -0.25) is 14.4 Å². The molecule has 2 amide bonds. The molecule has 28 heavy (non-hydrogen) atoms. The zero-order chi connectivity index (χ0) is 20.7. The van der Waals surface area contributed by atoms with Crippen LogP contribution in [0.2, 0.25) is 0 Å². The van der Waals surface area contributed by atoms with E-state index in [1.807, 2.05) is 44.2 Å². The Labute approximate surface area is 171 Å². The van der Waals surface area contributed by atoms with E-state index in [9.17, 15) is 14.4 Å². The number of rotatable bonds is 9. The van der Waals surface area contributed by atoms with Crippen molar-refractivity contribution >= 4 is 44.5 Å². The topological polar surface area (TPSA) is 105 Å². The van der Waals surface area contributed by atoms with E-state index >= 15 is 0 Å². The highest BCUT2D eigenvalue weighted by molar-refractivity contribution is 9.10. The van der Waals surface area contributed by atoms with Gasteiger partial charge in [0, 0.05) is 0 Å². The van der Waals surface area contributed by atoms with Gasteiger partial charge in [-0.05, 0) is 45.1 Å². The number of nitrogens with one attached hydrogen (secondary N) is 2. The second kappa shape index (κ2) is 10.1. The Kier molecular flexibility index (Phi) is 7.80. The van der Waals surface area contributed by atoms with Crippen LogP contribution in [0.1, 0.15) is 20.3 Å². The van der Waals surface area contributed by atoms with Crippen molar-refractivity contribution in [2.45, 2.75) is 26.3 Å². The molecule has 0 bridgehead atoms. The summed E-state index contributed by atoms with van der Waals surface area (Å²) in [5, 5.41) is 15.6. The van der Waals surface area contributed by atoms with Crippen molar-refractivity contribution in [3.63, 3.8) is 0 Å². The molecule has 0 aromatic heterocycles. The van der Waals surface area contributed by atoms with Crippen LogP contribution in [0.3, 0.4) is 0 Å². The number of carbonyl (C=O) groups excluding carboxylic acids is 2. The first-order chi connectivity index (χ1) is 13.3. The average molecular weight is 451 g/mol. The highest BCUT2D eigenvalue weighted by atomic mass is 79.9. The van der Waals surface area contributed by atoms with E-state index in [1.165, 1.54) is 0 Å². The predicted octanol–water partition coefficient (Wildman–Crippen LogP) is 2.71. The molecule has 0 aliphatic heterocycles. The van der Waals surface area contributed by atoms with Gasteiger partial charge in [-0.25, -0.2) is 0 Å². The fourth-order valence-corrected chi connectivity index (χ4v) is 3.30. The number of aliphatic carboxylic acids is 1. The van der Waals surface area contributed by atoms with Crippen LogP contribution in [0.15, 0.2) is 40.9 Å². The zero-order valence-corrected chi connectivity index (χ0v) is 17.3. The van der Waals surface area contributed by atoms with E-state index in [-0.39, 0.29) is 12.5 Å². The highest BCUT2D eigenvalue weighted by Crippen LogP contribution is 2.32. The fourth-order valence-electron chi connectivity index (χ4n) is 2.69. The summed E-state index contributed by atoms with van der Waals surface area (Å²) in [6.07, 6.45) is 0.386. The summed E-state index contributed by atoms with van der Waals surface area (Å²) in [5.74, 6) is -1.49. The van der Waals surface area contributed by atoms with Crippen molar-refractivity contribution in [2.75, 3.05) is 13.2 Å². The van der Waals surface area contributed by atoms with E-state index < -0.39 is 30.4 Å².